The van der Waals surface area contributed by atoms with E-state index in [1.54, 1.807) is 55.5 Å². The van der Waals surface area contributed by atoms with Crippen molar-refractivity contribution < 1.29 is 23.9 Å². The Kier molecular flexibility index (Phi) is 6.50. The van der Waals surface area contributed by atoms with E-state index in [0.717, 1.165) is 4.90 Å². The lowest BCUT2D eigenvalue weighted by Gasteiger charge is -2.22. The predicted molar refractivity (Wildman–Crippen MR) is 115 cm³/mol. The van der Waals surface area contributed by atoms with Crippen LogP contribution in [-0.4, -0.2) is 41.6 Å². The van der Waals surface area contributed by atoms with Crippen LogP contribution < -0.4 is 20.8 Å². The Morgan fingerprint density at radius 2 is 1.74 bits per heavy atom. The molecule has 0 aliphatic carbocycles. The van der Waals surface area contributed by atoms with Crippen molar-refractivity contribution in [3.05, 3.63) is 54.1 Å². The van der Waals surface area contributed by atoms with Gasteiger partial charge in [-0.15, -0.1) is 11.8 Å². The molecule has 1 atom stereocenters. The molecule has 1 aliphatic rings. The van der Waals surface area contributed by atoms with Gasteiger partial charge in [0, 0.05) is 17.5 Å². The maximum Gasteiger partial charge on any atom is 0.344 e. The molecule has 0 radical (unpaired) electrons. The summed E-state index contributed by atoms with van der Waals surface area (Å²) >= 11 is 1.23. The second kappa shape index (κ2) is 9.09. The summed E-state index contributed by atoms with van der Waals surface area (Å²) in [5.41, 5.74) is 2.28. The van der Waals surface area contributed by atoms with Gasteiger partial charge in [0.25, 0.3) is 5.91 Å². The first-order valence-electron chi connectivity index (χ1n) is 9.34. The van der Waals surface area contributed by atoms with Crippen LogP contribution in [0.5, 0.6) is 5.75 Å². The Bertz CT molecular complexity index is 1010. The van der Waals surface area contributed by atoms with Crippen LogP contribution in [0.15, 0.2) is 53.4 Å². The molecule has 5 amide bonds. The Labute approximate surface area is 183 Å². The molecule has 0 unspecified atom stereocenters. The first-order valence-corrected chi connectivity index (χ1v) is 10.3. The van der Waals surface area contributed by atoms with E-state index in [-0.39, 0.29) is 11.7 Å². The fraction of sp³-hybridized carbons (Fsp3) is 0.238. The Balaban J connectivity index is 1.60. The zero-order chi connectivity index (χ0) is 22.6. The molecule has 2 aromatic carbocycles. The lowest BCUT2D eigenvalue weighted by atomic mass is 9.92. The van der Waals surface area contributed by atoms with Gasteiger partial charge in [0.1, 0.15) is 11.3 Å². The van der Waals surface area contributed by atoms with Gasteiger partial charge in [-0.1, -0.05) is 12.1 Å². The van der Waals surface area contributed by atoms with Gasteiger partial charge in [0.15, 0.2) is 0 Å². The molecule has 1 fully saturated rings. The number of hydrazine groups is 1. The van der Waals surface area contributed by atoms with E-state index in [4.69, 9.17) is 4.74 Å². The van der Waals surface area contributed by atoms with E-state index in [0.29, 0.717) is 22.0 Å². The molecule has 31 heavy (non-hydrogen) atoms. The number of imide groups is 1. The van der Waals surface area contributed by atoms with Crippen LogP contribution in [0.1, 0.15) is 19.4 Å². The Hall–Kier alpha value is -3.53. The van der Waals surface area contributed by atoms with Gasteiger partial charge in [0.05, 0.1) is 12.9 Å². The third-order valence-electron chi connectivity index (χ3n) is 4.64. The normalized spacial score (nSPS) is 17.8. The van der Waals surface area contributed by atoms with Crippen LogP contribution >= 0.6 is 11.8 Å². The van der Waals surface area contributed by atoms with Crippen molar-refractivity contribution in [3.8, 4) is 5.75 Å². The van der Waals surface area contributed by atoms with Crippen LogP contribution in [-0.2, 0) is 19.9 Å². The zero-order valence-corrected chi connectivity index (χ0v) is 18.0. The van der Waals surface area contributed by atoms with Gasteiger partial charge in [-0.2, -0.15) is 5.01 Å². The first kappa shape index (κ1) is 22.2. The summed E-state index contributed by atoms with van der Waals surface area (Å²) in [5.74, 6) is -0.638. The second-order valence-corrected chi connectivity index (χ2v) is 8.00. The third kappa shape index (κ3) is 4.97. The molecular weight excluding hydrogens is 420 g/mol. The van der Waals surface area contributed by atoms with Crippen LogP contribution in [0.2, 0.25) is 0 Å². The molecule has 0 spiro atoms. The summed E-state index contributed by atoms with van der Waals surface area (Å²) in [6.45, 7) is 3.00. The molecule has 162 valence electrons. The van der Waals surface area contributed by atoms with Crippen molar-refractivity contribution in [2.75, 3.05) is 18.2 Å². The first-order chi connectivity index (χ1) is 14.7. The molecule has 3 N–H and O–H groups in total. The highest BCUT2D eigenvalue weighted by molar-refractivity contribution is 8.00. The van der Waals surface area contributed by atoms with Gasteiger partial charge < -0.3 is 15.4 Å². The van der Waals surface area contributed by atoms with Crippen LogP contribution in [0.4, 0.5) is 10.5 Å². The highest BCUT2D eigenvalue weighted by Crippen LogP contribution is 2.29. The number of amides is 5. The fourth-order valence-electron chi connectivity index (χ4n) is 3.00. The number of hydrogen-bond donors (Lipinski definition) is 3. The number of hydrogen-bond acceptors (Lipinski definition) is 6. The topological polar surface area (TPSA) is 117 Å². The van der Waals surface area contributed by atoms with Crippen LogP contribution in [0, 0.1) is 0 Å². The van der Waals surface area contributed by atoms with Gasteiger partial charge in [-0.3, -0.25) is 19.8 Å². The van der Waals surface area contributed by atoms with Crippen LogP contribution in [0.3, 0.4) is 0 Å². The number of nitrogens with one attached hydrogen (secondary N) is 3. The van der Waals surface area contributed by atoms with Crippen molar-refractivity contribution in [1.29, 1.82) is 0 Å². The zero-order valence-electron chi connectivity index (χ0n) is 17.2. The number of benzene rings is 2. The van der Waals surface area contributed by atoms with E-state index >= 15 is 0 Å². The van der Waals surface area contributed by atoms with Crippen molar-refractivity contribution in [1.82, 2.24) is 15.8 Å². The standard InChI is InChI=1S/C21H22N4O5S/c1-13(26)22-15-6-10-17(11-7-15)31-12-18(27)24-25-19(28)21(2,23-20(25)29)14-4-8-16(30-3)9-5-14/h4-11H,12H2,1-3H3,(H,22,26)(H,23,29)(H,24,27)/t21-/m0/s1. The summed E-state index contributed by atoms with van der Waals surface area (Å²) < 4.78 is 5.11. The van der Waals surface area contributed by atoms with Crippen molar-refractivity contribution in [2.45, 2.75) is 24.3 Å². The predicted octanol–water partition coefficient (Wildman–Crippen LogP) is 2.24. The molecule has 0 aromatic heterocycles. The number of ether oxygens (including phenoxy) is 1. The lowest BCUT2D eigenvalue weighted by Crippen LogP contribution is -2.48. The molecule has 10 heteroatoms. The maximum absolute atomic E-state index is 12.9. The molecule has 1 aliphatic heterocycles. The molecule has 0 saturated carbocycles. The second-order valence-electron chi connectivity index (χ2n) is 6.95. The minimum atomic E-state index is -1.30. The average Bonchev–Trinajstić information content (AvgIpc) is 2.97. The average molecular weight is 442 g/mol. The molecule has 3 rings (SSSR count). The quantitative estimate of drug-likeness (QED) is 0.447. The fourth-order valence-corrected chi connectivity index (χ4v) is 3.70. The van der Waals surface area contributed by atoms with E-state index in [2.05, 4.69) is 16.1 Å². The van der Waals surface area contributed by atoms with Crippen LogP contribution in [0.25, 0.3) is 0 Å². The summed E-state index contributed by atoms with van der Waals surface area (Å²) in [6.07, 6.45) is 0. The number of rotatable bonds is 7. The van der Waals surface area contributed by atoms with Crippen molar-refractivity contribution in [3.63, 3.8) is 0 Å². The summed E-state index contributed by atoms with van der Waals surface area (Å²) in [4.78, 5) is 49.4. The van der Waals surface area contributed by atoms with Gasteiger partial charge in [-0.05, 0) is 48.9 Å². The Morgan fingerprint density at radius 3 is 2.32 bits per heavy atom. The third-order valence-corrected chi connectivity index (χ3v) is 5.65. The summed E-state index contributed by atoms with van der Waals surface area (Å²) in [5, 5.41) is 5.99. The molecular formula is C21H22N4O5S. The van der Waals surface area contributed by atoms with Gasteiger partial charge in [-0.25, -0.2) is 4.79 Å². The molecule has 1 saturated heterocycles. The molecule has 2 aromatic rings. The largest absolute Gasteiger partial charge is 0.497 e. The lowest BCUT2D eigenvalue weighted by molar-refractivity contribution is -0.138. The maximum atomic E-state index is 12.9. The summed E-state index contributed by atoms with van der Waals surface area (Å²) in [7, 11) is 1.53. The Morgan fingerprint density at radius 1 is 1.10 bits per heavy atom. The number of carbonyl (C=O) groups is 4. The van der Waals surface area contributed by atoms with E-state index < -0.39 is 23.4 Å². The molecule has 9 nitrogen and oxygen atoms in total. The number of urea groups is 1. The monoisotopic (exact) mass is 442 g/mol. The van der Waals surface area contributed by atoms with Crippen molar-refractivity contribution in [2.24, 2.45) is 0 Å². The van der Waals surface area contributed by atoms with E-state index in [1.807, 2.05) is 0 Å². The van der Waals surface area contributed by atoms with Crippen molar-refractivity contribution >= 4 is 41.2 Å². The number of nitrogens with zero attached hydrogens (tertiary/aromatic N) is 1. The number of carbonyl (C=O) groups excluding carboxylic acids is 4. The number of methoxy groups -OCH3 is 1. The van der Waals surface area contributed by atoms with E-state index in [1.165, 1.54) is 25.8 Å². The highest BCUT2D eigenvalue weighted by Gasteiger charge is 2.50. The smallest absolute Gasteiger partial charge is 0.344 e. The van der Waals surface area contributed by atoms with Gasteiger partial charge in [0.2, 0.25) is 11.8 Å². The minimum absolute atomic E-state index is 0.00417. The SMILES string of the molecule is COc1ccc([C@]2(C)NC(=O)N(NC(=O)CSc3ccc(NC(C)=O)cc3)C2=O)cc1. The molecule has 1 heterocycles. The summed E-state index contributed by atoms with van der Waals surface area (Å²) in [6, 6.07) is 13.0. The number of anilines is 1. The minimum Gasteiger partial charge on any atom is -0.497 e. The van der Waals surface area contributed by atoms with Gasteiger partial charge >= 0.3 is 6.03 Å². The number of thioether (sulfide) groups is 1. The molecule has 0 bridgehead atoms. The van der Waals surface area contributed by atoms with E-state index in [9.17, 15) is 19.2 Å². The highest BCUT2D eigenvalue weighted by atomic mass is 32.2.